The van der Waals surface area contributed by atoms with E-state index >= 15 is 0 Å². The smallest absolute Gasteiger partial charge is 0.255 e. The summed E-state index contributed by atoms with van der Waals surface area (Å²) in [7, 11) is 1.52. The highest BCUT2D eigenvalue weighted by molar-refractivity contribution is 5.99. The molecule has 7 nitrogen and oxygen atoms in total. The highest BCUT2D eigenvalue weighted by Gasteiger charge is 2.42. The maximum atomic E-state index is 13.1. The predicted octanol–water partition coefficient (Wildman–Crippen LogP) is 1.82. The number of carbonyl (C=O) groups is 2. The average Bonchev–Trinajstić information content (AvgIpc) is 3.13. The number of nitrogens with zero attached hydrogens (tertiary/aromatic N) is 1. The Labute approximate surface area is 160 Å². The predicted molar refractivity (Wildman–Crippen MR) is 99.5 cm³/mol. The van der Waals surface area contributed by atoms with Gasteiger partial charge in [0.2, 0.25) is 5.91 Å². The van der Waals surface area contributed by atoms with Gasteiger partial charge in [-0.2, -0.15) is 0 Å². The van der Waals surface area contributed by atoms with E-state index in [-0.39, 0.29) is 17.7 Å². The fraction of sp³-hybridized carbons (Fsp3) is 0.600. The molecule has 1 aromatic rings. The molecule has 1 atom stereocenters. The Morgan fingerprint density at radius 2 is 1.78 bits per heavy atom. The second kappa shape index (κ2) is 8.27. The molecule has 27 heavy (non-hydrogen) atoms. The first-order valence-electron chi connectivity index (χ1n) is 9.46. The van der Waals surface area contributed by atoms with Gasteiger partial charge in [0.25, 0.3) is 5.91 Å². The van der Waals surface area contributed by atoms with Crippen LogP contribution in [0.25, 0.3) is 0 Å². The van der Waals surface area contributed by atoms with Crippen LogP contribution in [0.2, 0.25) is 0 Å². The molecular formula is C20H28N2O5. The van der Waals surface area contributed by atoms with Crippen molar-refractivity contribution in [3.05, 3.63) is 29.8 Å². The number of rotatable bonds is 5. The molecule has 0 saturated carbocycles. The minimum atomic E-state index is -0.595. The van der Waals surface area contributed by atoms with Gasteiger partial charge in [-0.1, -0.05) is 26.0 Å². The zero-order chi connectivity index (χ0) is 19.4. The van der Waals surface area contributed by atoms with Gasteiger partial charge in [0.15, 0.2) is 5.79 Å². The molecule has 2 aliphatic rings. The fourth-order valence-electron chi connectivity index (χ4n) is 3.61. The molecule has 148 valence electrons. The topological polar surface area (TPSA) is 77.1 Å². The summed E-state index contributed by atoms with van der Waals surface area (Å²) in [6.45, 7) is 6.20. The second-order valence-electron chi connectivity index (χ2n) is 7.33. The molecule has 2 aliphatic heterocycles. The molecule has 0 bridgehead atoms. The monoisotopic (exact) mass is 376 g/mol. The van der Waals surface area contributed by atoms with Gasteiger partial charge in [-0.15, -0.1) is 0 Å². The number of carbonyl (C=O) groups excluding carboxylic acids is 2. The Balaban J connectivity index is 1.66. The van der Waals surface area contributed by atoms with Gasteiger partial charge < -0.3 is 24.4 Å². The molecule has 1 N–H and O–H groups in total. The molecular weight excluding hydrogens is 348 g/mol. The molecule has 1 aromatic carbocycles. The highest BCUT2D eigenvalue weighted by atomic mass is 16.7. The lowest BCUT2D eigenvalue weighted by Gasteiger charge is -2.39. The summed E-state index contributed by atoms with van der Waals surface area (Å²) >= 11 is 0. The number of piperidine rings is 1. The van der Waals surface area contributed by atoms with Gasteiger partial charge in [-0.05, 0) is 18.1 Å². The van der Waals surface area contributed by atoms with Crippen LogP contribution >= 0.6 is 0 Å². The largest absolute Gasteiger partial charge is 0.496 e. The maximum absolute atomic E-state index is 13.1. The third-order valence-electron chi connectivity index (χ3n) is 5.22. The third kappa shape index (κ3) is 4.25. The van der Waals surface area contributed by atoms with Crippen molar-refractivity contribution in [3.63, 3.8) is 0 Å². The summed E-state index contributed by atoms with van der Waals surface area (Å²) < 4.78 is 16.7. The van der Waals surface area contributed by atoms with Crippen LogP contribution in [0.3, 0.4) is 0 Å². The number of hydrogen-bond donors (Lipinski definition) is 1. The highest BCUT2D eigenvalue weighted by Crippen LogP contribution is 2.31. The van der Waals surface area contributed by atoms with Gasteiger partial charge in [-0.3, -0.25) is 9.59 Å². The van der Waals surface area contributed by atoms with Gasteiger partial charge in [0.1, 0.15) is 11.8 Å². The zero-order valence-electron chi connectivity index (χ0n) is 16.2. The van der Waals surface area contributed by atoms with E-state index in [4.69, 9.17) is 14.2 Å². The van der Waals surface area contributed by atoms with Gasteiger partial charge in [0.05, 0.1) is 25.9 Å². The van der Waals surface area contributed by atoms with E-state index in [1.54, 1.807) is 29.2 Å². The lowest BCUT2D eigenvalue weighted by atomic mass is 9.98. The molecule has 2 heterocycles. The molecule has 7 heteroatoms. The van der Waals surface area contributed by atoms with Crippen molar-refractivity contribution in [1.29, 1.82) is 0 Å². The number of methoxy groups -OCH3 is 1. The van der Waals surface area contributed by atoms with Crippen LogP contribution in [0.15, 0.2) is 24.3 Å². The molecule has 2 amide bonds. The number of hydrogen-bond acceptors (Lipinski definition) is 5. The minimum absolute atomic E-state index is 0.0361. The number of amides is 2. The van der Waals surface area contributed by atoms with Crippen molar-refractivity contribution in [2.45, 2.75) is 38.5 Å². The Kier molecular flexibility index (Phi) is 6.01. The van der Waals surface area contributed by atoms with Crippen molar-refractivity contribution < 1.29 is 23.8 Å². The first-order chi connectivity index (χ1) is 13.0. The molecule has 1 spiro atoms. The van der Waals surface area contributed by atoms with E-state index in [2.05, 4.69) is 5.32 Å². The number of ether oxygens (including phenoxy) is 3. The second-order valence-corrected chi connectivity index (χ2v) is 7.33. The van der Waals surface area contributed by atoms with Crippen molar-refractivity contribution in [2.24, 2.45) is 5.92 Å². The fourth-order valence-corrected chi connectivity index (χ4v) is 3.61. The summed E-state index contributed by atoms with van der Waals surface area (Å²) in [5.41, 5.74) is 0.420. The van der Waals surface area contributed by atoms with Crippen molar-refractivity contribution in [1.82, 2.24) is 10.2 Å². The Bertz CT molecular complexity index is 675. The summed E-state index contributed by atoms with van der Waals surface area (Å²) in [6.07, 6.45) is 1.31. The number of para-hydroxylation sites is 1. The molecule has 0 unspecified atom stereocenters. The van der Waals surface area contributed by atoms with Gasteiger partial charge in [0, 0.05) is 25.9 Å². The van der Waals surface area contributed by atoms with E-state index in [1.165, 1.54) is 7.11 Å². The summed E-state index contributed by atoms with van der Waals surface area (Å²) in [6, 6.07) is 6.40. The van der Waals surface area contributed by atoms with E-state index < -0.39 is 11.8 Å². The number of benzene rings is 1. The summed E-state index contributed by atoms with van der Waals surface area (Å²) in [4.78, 5) is 27.6. The Hall–Kier alpha value is -2.12. The van der Waals surface area contributed by atoms with Crippen LogP contribution in [0, 0.1) is 5.92 Å². The number of likely N-dealkylation sites (tertiary alicyclic amines) is 1. The molecule has 3 rings (SSSR count). The van der Waals surface area contributed by atoms with E-state index in [0.29, 0.717) is 50.5 Å². The average molecular weight is 376 g/mol. The van der Waals surface area contributed by atoms with E-state index in [0.717, 1.165) is 0 Å². The SMILES string of the molecule is COc1ccccc1C(=O)N[C@H](C(=O)N1CCC2(CC1)OCCO2)C(C)C. The first-order valence-corrected chi connectivity index (χ1v) is 9.46. The van der Waals surface area contributed by atoms with Crippen LogP contribution in [-0.4, -0.2) is 62.0 Å². The third-order valence-corrected chi connectivity index (χ3v) is 5.22. The van der Waals surface area contributed by atoms with Crippen LogP contribution < -0.4 is 10.1 Å². The molecule has 2 saturated heterocycles. The molecule has 0 aromatic heterocycles. The maximum Gasteiger partial charge on any atom is 0.255 e. The van der Waals surface area contributed by atoms with Gasteiger partial charge in [-0.25, -0.2) is 0 Å². The van der Waals surface area contributed by atoms with E-state index in [1.807, 2.05) is 13.8 Å². The van der Waals surface area contributed by atoms with Crippen LogP contribution in [0.4, 0.5) is 0 Å². The summed E-state index contributed by atoms with van der Waals surface area (Å²) in [5.74, 6) is -0.451. The standard InChI is InChI=1S/C20H28N2O5/c1-14(2)17(21-18(23)15-6-4-5-7-16(15)25-3)19(24)22-10-8-20(9-11-22)26-12-13-27-20/h4-7,14,17H,8-13H2,1-3H3,(H,21,23)/t17-/m0/s1. The first kappa shape index (κ1) is 19.6. The zero-order valence-corrected chi connectivity index (χ0v) is 16.2. The summed E-state index contributed by atoms with van der Waals surface area (Å²) in [5, 5.41) is 2.89. The lowest BCUT2D eigenvalue weighted by Crippen LogP contribution is -2.55. The molecule has 0 radical (unpaired) electrons. The number of nitrogens with one attached hydrogen (secondary N) is 1. The minimum Gasteiger partial charge on any atom is -0.496 e. The Morgan fingerprint density at radius 1 is 1.15 bits per heavy atom. The van der Waals surface area contributed by atoms with Gasteiger partial charge >= 0.3 is 0 Å². The quantitative estimate of drug-likeness (QED) is 0.848. The van der Waals surface area contributed by atoms with Crippen molar-refractivity contribution in [2.75, 3.05) is 33.4 Å². The lowest BCUT2D eigenvalue weighted by molar-refractivity contribution is -0.188. The van der Waals surface area contributed by atoms with Crippen LogP contribution in [0.5, 0.6) is 5.75 Å². The Morgan fingerprint density at radius 3 is 2.37 bits per heavy atom. The van der Waals surface area contributed by atoms with Crippen molar-refractivity contribution >= 4 is 11.8 Å². The molecule has 0 aliphatic carbocycles. The molecule has 2 fully saturated rings. The van der Waals surface area contributed by atoms with E-state index in [9.17, 15) is 9.59 Å². The van der Waals surface area contributed by atoms with Crippen LogP contribution in [-0.2, 0) is 14.3 Å². The van der Waals surface area contributed by atoms with Crippen molar-refractivity contribution in [3.8, 4) is 5.75 Å². The van der Waals surface area contributed by atoms with Crippen LogP contribution in [0.1, 0.15) is 37.0 Å². The normalized spacial score (nSPS) is 19.9.